The van der Waals surface area contributed by atoms with Gasteiger partial charge in [-0.1, -0.05) is 58.4 Å². The molecular weight excluding hydrogens is 722 g/mol. The molecule has 8 nitrogen and oxygen atoms in total. The largest absolute Gasteiger partial charge is 0.454 e. The quantitative estimate of drug-likeness (QED) is 0.0800. The van der Waals surface area contributed by atoms with Crippen LogP contribution in [0.2, 0.25) is 0 Å². The molecule has 0 fully saturated rings. The van der Waals surface area contributed by atoms with E-state index >= 15 is 0 Å². The summed E-state index contributed by atoms with van der Waals surface area (Å²) in [4.78, 5) is 29.6. The molecule has 0 spiro atoms. The molecule has 1 aromatic heterocycles. The summed E-state index contributed by atoms with van der Waals surface area (Å²) in [5.41, 5.74) is 6.15. The Morgan fingerprint density at radius 2 is 1.71 bits per heavy atom. The zero-order chi connectivity index (χ0) is 28.5. The van der Waals surface area contributed by atoms with Crippen LogP contribution >= 0.6 is 47.8 Å². The summed E-state index contributed by atoms with van der Waals surface area (Å²) in [6, 6.07) is 23.7. The summed E-state index contributed by atoms with van der Waals surface area (Å²) in [5.74, 6) is 0.232. The minimum absolute atomic E-state index is 0.0983. The van der Waals surface area contributed by atoms with Crippen LogP contribution in [-0.4, -0.2) is 29.9 Å². The Hall–Kier alpha value is -3.93. The van der Waals surface area contributed by atoms with Gasteiger partial charge in [-0.3, -0.25) is 4.79 Å². The van der Waals surface area contributed by atoms with Crippen molar-refractivity contribution in [2.45, 2.75) is 0 Å². The molecule has 11 heteroatoms. The number of hydrazone groups is 1. The van der Waals surface area contributed by atoms with Gasteiger partial charge in [0.15, 0.2) is 17.2 Å². The van der Waals surface area contributed by atoms with Gasteiger partial charge in [0.1, 0.15) is 5.69 Å². The van der Waals surface area contributed by atoms with Gasteiger partial charge < -0.3 is 19.2 Å². The second-order valence-corrected chi connectivity index (χ2v) is 11.5. The maximum Gasteiger partial charge on any atom is 0.343 e. The summed E-state index contributed by atoms with van der Waals surface area (Å²) in [6.45, 7) is 0.0983. The van der Waals surface area contributed by atoms with Gasteiger partial charge in [-0.25, -0.2) is 10.2 Å². The number of fused-ring (bicyclic) bond motifs is 2. The lowest BCUT2D eigenvalue weighted by atomic mass is 10.0. The summed E-state index contributed by atoms with van der Waals surface area (Å²) in [5, 5.41) is 5.09. The Bertz CT molecular complexity index is 1850. The molecule has 0 unspecified atom stereocenters. The van der Waals surface area contributed by atoms with Crippen LogP contribution in [-0.2, 0) is 0 Å². The van der Waals surface area contributed by atoms with Gasteiger partial charge in [0.25, 0.3) is 5.91 Å². The zero-order valence-electron chi connectivity index (χ0n) is 20.9. The van der Waals surface area contributed by atoms with Crippen LogP contribution in [0.25, 0.3) is 22.0 Å². The lowest BCUT2D eigenvalue weighted by Crippen LogP contribution is -2.19. The van der Waals surface area contributed by atoms with Crippen molar-refractivity contribution in [2.24, 2.45) is 5.10 Å². The topological polar surface area (TPSA) is 102 Å². The van der Waals surface area contributed by atoms with Gasteiger partial charge in [0.2, 0.25) is 6.79 Å². The number of nitrogens with one attached hydrogen (secondary N) is 2. The average molecular weight is 740 g/mol. The number of nitrogens with zero attached hydrogens (tertiary/aromatic N) is 1. The first-order valence-corrected chi connectivity index (χ1v) is 14.6. The third-order valence-electron chi connectivity index (χ3n) is 6.28. The predicted molar refractivity (Wildman–Crippen MR) is 166 cm³/mol. The number of halogens is 3. The summed E-state index contributed by atoms with van der Waals surface area (Å²) >= 11 is 10.5. The number of hydrogen-bond acceptors (Lipinski definition) is 6. The number of hydrogen-bond donors (Lipinski definition) is 2. The lowest BCUT2D eigenvalue weighted by molar-refractivity contribution is 0.0732. The Labute approximate surface area is 259 Å². The second-order valence-electron chi connectivity index (χ2n) is 8.87. The minimum atomic E-state index is -0.596. The van der Waals surface area contributed by atoms with E-state index in [1.54, 1.807) is 30.3 Å². The fourth-order valence-corrected chi connectivity index (χ4v) is 6.24. The first-order chi connectivity index (χ1) is 19.9. The van der Waals surface area contributed by atoms with Gasteiger partial charge in [-0.05, 0) is 73.8 Å². The highest BCUT2D eigenvalue weighted by Crippen LogP contribution is 2.37. The Balaban J connectivity index is 1.28. The monoisotopic (exact) mass is 737 g/mol. The molecule has 0 aliphatic carbocycles. The van der Waals surface area contributed by atoms with Crippen LogP contribution in [0.5, 0.6) is 17.2 Å². The smallest absolute Gasteiger partial charge is 0.343 e. The highest BCUT2D eigenvalue weighted by molar-refractivity contribution is 9.11. The summed E-state index contributed by atoms with van der Waals surface area (Å²) in [7, 11) is 0. The van der Waals surface area contributed by atoms with Crippen molar-refractivity contribution >= 4 is 76.8 Å². The average Bonchev–Trinajstić information content (AvgIpc) is 3.60. The van der Waals surface area contributed by atoms with E-state index < -0.39 is 11.9 Å². The van der Waals surface area contributed by atoms with Gasteiger partial charge in [0, 0.05) is 25.5 Å². The summed E-state index contributed by atoms with van der Waals surface area (Å²) < 4.78 is 18.5. The predicted octanol–water partition coefficient (Wildman–Crippen LogP) is 7.83. The van der Waals surface area contributed by atoms with Gasteiger partial charge in [0.05, 0.1) is 21.8 Å². The van der Waals surface area contributed by atoms with E-state index in [0.717, 1.165) is 26.5 Å². The number of amides is 1. The van der Waals surface area contributed by atoms with E-state index in [9.17, 15) is 9.59 Å². The molecule has 0 saturated carbocycles. The number of para-hydroxylation sites is 1. The van der Waals surface area contributed by atoms with E-state index in [2.05, 4.69) is 63.3 Å². The molecule has 0 atom stereocenters. The number of carbonyl (C=O) groups is 2. The number of ether oxygens (including phenoxy) is 3. The number of H-pyrrole nitrogens is 1. The van der Waals surface area contributed by atoms with Crippen LogP contribution in [0.15, 0.2) is 97.4 Å². The molecule has 0 saturated heterocycles. The molecule has 1 aliphatic rings. The third-order valence-corrected chi connectivity index (χ3v) is 7.99. The third kappa shape index (κ3) is 5.52. The highest BCUT2D eigenvalue weighted by atomic mass is 79.9. The van der Waals surface area contributed by atoms with Gasteiger partial charge in [-0.2, -0.15) is 5.10 Å². The van der Waals surface area contributed by atoms with Crippen molar-refractivity contribution in [1.29, 1.82) is 0 Å². The van der Waals surface area contributed by atoms with Crippen molar-refractivity contribution in [3.05, 3.63) is 109 Å². The highest BCUT2D eigenvalue weighted by Gasteiger charge is 2.22. The molecule has 1 amide bonds. The maximum absolute atomic E-state index is 13.4. The molecule has 5 aromatic rings. The SMILES string of the molecule is O=C(Oc1c(Br)cc(Br)cc1C=NNC(=O)c1[nH]c2c(Br)cccc2c1-c1ccccc1)c1ccc2c(c1)OCO2. The Kier molecular flexibility index (Phi) is 7.65. The van der Waals surface area contributed by atoms with Crippen LogP contribution < -0.4 is 19.6 Å². The number of aromatic nitrogens is 1. The van der Waals surface area contributed by atoms with Crippen molar-refractivity contribution in [3.63, 3.8) is 0 Å². The fourth-order valence-electron chi connectivity index (χ4n) is 4.43. The summed E-state index contributed by atoms with van der Waals surface area (Å²) in [6.07, 6.45) is 1.41. The van der Waals surface area contributed by atoms with E-state index in [4.69, 9.17) is 14.2 Å². The first-order valence-electron chi connectivity index (χ1n) is 12.2. The first kappa shape index (κ1) is 27.3. The van der Waals surface area contributed by atoms with Gasteiger partial charge >= 0.3 is 5.97 Å². The number of rotatable bonds is 6. The second kappa shape index (κ2) is 11.5. The van der Waals surface area contributed by atoms with Crippen molar-refractivity contribution < 1.29 is 23.8 Å². The molecule has 6 rings (SSSR count). The molecule has 204 valence electrons. The molecule has 4 aromatic carbocycles. The molecule has 41 heavy (non-hydrogen) atoms. The van der Waals surface area contributed by atoms with Crippen molar-refractivity contribution in [2.75, 3.05) is 6.79 Å². The molecule has 2 heterocycles. The number of benzene rings is 4. The van der Waals surface area contributed by atoms with Crippen LogP contribution in [0.1, 0.15) is 26.4 Å². The van der Waals surface area contributed by atoms with Crippen LogP contribution in [0, 0.1) is 0 Å². The lowest BCUT2D eigenvalue weighted by Gasteiger charge is -2.11. The van der Waals surface area contributed by atoms with E-state index in [1.165, 1.54) is 6.21 Å². The van der Waals surface area contributed by atoms with Crippen molar-refractivity contribution in [1.82, 2.24) is 10.4 Å². The maximum atomic E-state index is 13.4. The minimum Gasteiger partial charge on any atom is -0.454 e. The Morgan fingerprint density at radius 1 is 0.902 bits per heavy atom. The van der Waals surface area contributed by atoms with Crippen LogP contribution in [0.4, 0.5) is 0 Å². The molecule has 0 bridgehead atoms. The molecule has 2 N–H and O–H groups in total. The fraction of sp³-hybridized carbons (Fsp3) is 0.0333. The van der Waals surface area contributed by atoms with Crippen molar-refractivity contribution in [3.8, 4) is 28.4 Å². The van der Waals surface area contributed by atoms with E-state index in [0.29, 0.717) is 37.3 Å². The van der Waals surface area contributed by atoms with E-state index in [1.807, 2.05) is 48.5 Å². The number of carbonyl (C=O) groups excluding carboxylic acids is 2. The standard InChI is InChI=1S/C30H18Br3N3O5/c31-19-11-18(28(22(33)13-19)41-30(38)17-9-10-23-24(12-17)40-15-39-23)14-34-36-29(37)27-25(16-5-2-1-3-6-16)20-7-4-8-21(32)26(20)35-27/h1-14,35H,15H2,(H,36,37). The molecule has 0 radical (unpaired) electrons. The number of aromatic amines is 1. The normalized spacial score (nSPS) is 12.2. The van der Waals surface area contributed by atoms with Gasteiger partial charge in [-0.15, -0.1) is 0 Å². The van der Waals surface area contributed by atoms with E-state index in [-0.39, 0.29) is 12.5 Å². The molecular formula is C30H18Br3N3O5. The number of esters is 1. The Morgan fingerprint density at radius 3 is 2.54 bits per heavy atom. The van der Waals surface area contributed by atoms with Crippen LogP contribution in [0.3, 0.4) is 0 Å². The molecule has 1 aliphatic heterocycles. The zero-order valence-corrected chi connectivity index (χ0v) is 25.7.